The number of alkyl halides is 3. The number of hydrogen-bond donors (Lipinski definition) is 2. The summed E-state index contributed by atoms with van der Waals surface area (Å²) in [6.45, 7) is 1.03. The number of amides is 1. The van der Waals surface area contributed by atoms with Crippen molar-refractivity contribution in [2.45, 2.75) is 18.0 Å². The maximum atomic E-state index is 12.6. The molecule has 0 unspecified atom stereocenters. The van der Waals surface area contributed by atoms with E-state index in [1.807, 2.05) is 0 Å². The minimum atomic E-state index is -4.78. The molecular weight excluding hydrogens is 309 g/mol. The van der Waals surface area contributed by atoms with Crippen LogP contribution in [0, 0.1) is 0 Å². The molecule has 0 atom stereocenters. The zero-order valence-electron chi connectivity index (χ0n) is 9.38. The van der Waals surface area contributed by atoms with Gasteiger partial charge in [-0.05, 0) is 18.2 Å². The molecule has 0 aromatic heterocycles. The van der Waals surface area contributed by atoms with Crippen molar-refractivity contribution in [2.24, 2.45) is 0 Å². The first-order valence-corrected chi connectivity index (χ1v) is 6.55. The van der Waals surface area contributed by atoms with Crippen molar-refractivity contribution in [1.29, 1.82) is 0 Å². The summed E-state index contributed by atoms with van der Waals surface area (Å²) in [6.07, 6.45) is -4.78. The van der Waals surface area contributed by atoms with Crippen LogP contribution in [0.4, 0.5) is 13.2 Å². The van der Waals surface area contributed by atoms with Crippen LogP contribution in [0.2, 0.25) is 5.02 Å². The van der Waals surface area contributed by atoms with E-state index in [2.05, 4.69) is 0 Å². The molecular formula is C9H8ClF3N2O3S. The normalized spacial score (nSPS) is 12.3. The van der Waals surface area contributed by atoms with E-state index in [1.54, 1.807) is 10.3 Å². The van der Waals surface area contributed by atoms with E-state index >= 15 is 0 Å². The fraction of sp³-hybridized carbons (Fsp3) is 0.222. The second kappa shape index (κ2) is 5.35. The first-order valence-electron chi connectivity index (χ1n) is 4.69. The van der Waals surface area contributed by atoms with Gasteiger partial charge in [0.1, 0.15) is 0 Å². The molecule has 1 aromatic carbocycles. The summed E-state index contributed by atoms with van der Waals surface area (Å²) in [4.78, 5) is 11.5. The van der Waals surface area contributed by atoms with Gasteiger partial charge in [-0.25, -0.2) is 8.42 Å². The Hall–Kier alpha value is -1.32. The molecule has 0 bridgehead atoms. The Morgan fingerprint density at radius 1 is 1.32 bits per heavy atom. The molecule has 1 rings (SSSR count). The molecule has 1 amide bonds. The standard InChI is InChI=1S/C9H8ClF3N2O3S/c1-5(16)14-15-19(17,18)6-2-3-8(10)7(4-6)9(11,12)13/h2-4,15H,1H3,(H,14,16). The summed E-state index contributed by atoms with van der Waals surface area (Å²) in [6, 6.07) is 2.08. The van der Waals surface area contributed by atoms with Crippen molar-refractivity contribution in [3.63, 3.8) is 0 Å². The first kappa shape index (κ1) is 15.7. The monoisotopic (exact) mass is 316 g/mol. The average Bonchev–Trinajstić information content (AvgIpc) is 2.25. The van der Waals surface area contributed by atoms with E-state index in [0.29, 0.717) is 6.07 Å². The Morgan fingerprint density at radius 2 is 1.89 bits per heavy atom. The SMILES string of the molecule is CC(=O)NNS(=O)(=O)c1ccc(Cl)c(C(F)(F)F)c1. The highest BCUT2D eigenvalue weighted by molar-refractivity contribution is 7.89. The summed E-state index contributed by atoms with van der Waals surface area (Å²) in [5.74, 6) is -0.714. The fourth-order valence-electron chi connectivity index (χ4n) is 1.09. The molecule has 5 nitrogen and oxygen atoms in total. The Morgan fingerprint density at radius 3 is 2.37 bits per heavy atom. The lowest BCUT2D eigenvalue weighted by atomic mass is 10.2. The van der Waals surface area contributed by atoms with Crippen molar-refractivity contribution < 1.29 is 26.4 Å². The maximum absolute atomic E-state index is 12.6. The highest BCUT2D eigenvalue weighted by Crippen LogP contribution is 2.35. The highest BCUT2D eigenvalue weighted by atomic mass is 35.5. The van der Waals surface area contributed by atoms with E-state index in [-0.39, 0.29) is 0 Å². The number of rotatable bonds is 3. The molecule has 0 aliphatic carbocycles. The van der Waals surface area contributed by atoms with Gasteiger partial charge in [0.05, 0.1) is 15.5 Å². The molecule has 10 heteroatoms. The second-order valence-electron chi connectivity index (χ2n) is 3.43. The van der Waals surface area contributed by atoms with E-state index in [1.165, 1.54) is 0 Å². The summed E-state index contributed by atoms with van der Waals surface area (Å²) in [7, 11) is -4.30. The van der Waals surface area contributed by atoms with Crippen molar-refractivity contribution in [3.05, 3.63) is 28.8 Å². The van der Waals surface area contributed by atoms with E-state index in [9.17, 15) is 26.4 Å². The molecule has 2 N–H and O–H groups in total. The van der Waals surface area contributed by atoms with Gasteiger partial charge in [-0.3, -0.25) is 10.2 Å². The Kier molecular flexibility index (Phi) is 4.43. The zero-order chi connectivity index (χ0) is 14.8. The van der Waals surface area contributed by atoms with Crippen LogP contribution in [0.1, 0.15) is 12.5 Å². The average molecular weight is 317 g/mol. The molecule has 0 aliphatic heterocycles. The van der Waals surface area contributed by atoms with Gasteiger partial charge in [-0.15, -0.1) is 4.83 Å². The third kappa shape index (κ3) is 4.08. The summed E-state index contributed by atoms with van der Waals surface area (Å²) in [5.41, 5.74) is 0.488. The molecule has 0 saturated carbocycles. The molecule has 1 aromatic rings. The maximum Gasteiger partial charge on any atom is 0.417 e. The molecule has 0 fully saturated rings. The molecule has 0 saturated heterocycles. The lowest BCUT2D eigenvalue weighted by molar-refractivity contribution is -0.137. The number of carbonyl (C=O) groups excluding carboxylic acids is 1. The van der Waals surface area contributed by atoms with Crippen molar-refractivity contribution in [2.75, 3.05) is 0 Å². The quantitative estimate of drug-likeness (QED) is 0.833. The largest absolute Gasteiger partial charge is 0.417 e. The van der Waals surface area contributed by atoms with Gasteiger partial charge < -0.3 is 0 Å². The van der Waals surface area contributed by atoms with Gasteiger partial charge in [-0.2, -0.15) is 13.2 Å². The third-order valence-electron chi connectivity index (χ3n) is 1.91. The molecule has 106 valence electrons. The van der Waals surface area contributed by atoms with Gasteiger partial charge in [0.2, 0.25) is 5.91 Å². The van der Waals surface area contributed by atoms with Crippen LogP contribution in [-0.2, 0) is 21.0 Å². The molecule has 0 spiro atoms. The van der Waals surface area contributed by atoms with Crippen LogP contribution in [0.5, 0.6) is 0 Å². The number of carbonyl (C=O) groups is 1. The number of benzene rings is 1. The number of hydrazine groups is 1. The van der Waals surface area contributed by atoms with Crippen molar-refractivity contribution >= 4 is 27.5 Å². The second-order valence-corrected chi connectivity index (χ2v) is 5.52. The van der Waals surface area contributed by atoms with Gasteiger partial charge in [0.15, 0.2) is 0 Å². The lowest BCUT2D eigenvalue weighted by Crippen LogP contribution is -2.40. The number of nitrogens with one attached hydrogen (secondary N) is 2. The Labute approximate surface area is 111 Å². The number of halogens is 4. The molecule has 0 aliphatic rings. The number of sulfonamides is 1. The Bertz CT molecular complexity index is 601. The van der Waals surface area contributed by atoms with Crippen LogP contribution in [0.25, 0.3) is 0 Å². The van der Waals surface area contributed by atoms with Gasteiger partial charge in [0.25, 0.3) is 10.0 Å². The van der Waals surface area contributed by atoms with Gasteiger partial charge in [-0.1, -0.05) is 11.6 Å². The minimum absolute atomic E-state index is 0.381. The predicted octanol–water partition coefficient (Wildman–Crippen LogP) is 1.69. The predicted molar refractivity (Wildman–Crippen MR) is 60.6 cm³/mol. The summed E-state index contributed by atoms with van der Waals surface area (Å²) in [5, 5.41) is -0.619. The minimum Gasteiger partial charge on any atom is -0.278 e. The molecule has 19 heavy (non-hydrogen) atoms. The Balaban J connectivity index is 3.19. The molecule has 0 heterocycles. The highest BCUT2D eigenvalue weighted by Gasteiger charge is 2.34. The fourth-order valence-corrected chi connectivity index (χ4v) is 2.23. The lowest BCUT2D eigenvalue weighted by Gasteiger charge is -2.12. The van der Waals surface area contributed by atoms with Gasteiger partial charge >= 0.3 is 6.18 Å². The topological polar surface area (TPSA) is 75.3 Å². The number of hydrogen-bond acceptors (Lipinski definition) is 3. The van der Waals surface area contributed by atoms with Crippen LogP contribution < -0.4 is 10.3 Å². The smallest absolute Gasteiger partial charge is 0.278 e. The van der Waals surface area contributed by atoms with Crippen LogP contribution >= 0.6 is 11.6 Å². The first-order chi connectivity index (χ1) is 8.54. The zero-order valence-corrected chi connectivity index (χ0v) is 10.9. The third-order valence-corrected chi connectivity index (χ3v) is 3.49. The van der Waals surface area contributed by atoms with Gasteiger partial charge in [0, 0.05) is 6.92 Å². The molecule has 0 radical (unpaired) electrons. The van der Waals surface area contributed by atoms with E-state index in [0.717, 1.165) is 19.1 Å². The van der Waals surface area contributed by atoms with Crippen LogP contribution in [-0.4, -0.2) is 14.3 Å². The summed E-state index contributed by atoms with van der Waals surface area (Å²) >= 11 is 5.35. The van der Waals surface area contributed by atoms with Crippen LogP contribution in [0.15, 0.2) is 23.1 Å². The van der Waals surface area contributed by atoms with Crippen molar-refractivity contribution in [3.8, 4) is 0 Å². The van der Waals surface area contributed by atoms with Crippen molar-refractivity contribution in [1.82, 2.24) is 10.3 Å². The van der Waals surface area contributed by atoms with Crippen LogP contribution in [0.3, 0.4) is 0 Å². The summed E-state index contributed by atoms with van der Waals surface area (Å²) < 4.78 is 60.9. The van der Waals surface area contributed by atoms with E-state index in [4.69, 9.17) is 11.6 Å². The van der Waals surface area contributed by atoms with E-state index < -0.39 is 37.6 Å².